The van der Waals surface area contributed by atoms with Crippen molar-refractivity contribution in [2.75, 3.05) is 0 Å². The highest BCUT2D eigenvalue weighted by molar-refractivity contribution is 6.41. The third-order valence-corrected chi connectivity index (χ3v) is 2.16. The molecule has 0 bridgehead atoms. The second-order valence-corrected chi connectivity index (χ2v) is 4.01. The smallest absolute Gasteiger partial charge is 0.388 e. The van der Waals surface area contributed by atoms with Crippen LogP contribution in [0.5, 0.6) is 0 Å². The largest absolute Gasteiger partial charge is 0.456 e. The molecule has 3 heteroatoms. The number of Topliss-reactive ketones (excluding diaryl/α,β-unsaturated/α-hetero) is 1. The Morgan fingerprint density at radius 3 is 2.69 bits per heavy atom. The van der Waals surface area contributed by atoms with Gasteiger partial charge in [-0.2, -0.15) is 0 Å². The van der Waals surface area contributed by atoms with Crippen molar-refractivity contribution in [1.82, 2.24) is 0 Å². The fourth-order valence-corrected chi connectivity index (χ4v) is 1.41. The van der Waals surface area contributed by atoms with E-state index in [9.17, 15) is 9.59 Å². The molecule has 0 aromatic rings. The van der Waals surface area contributed by atoms with E-state index in [0.29, 0.717) is 0 Å². The summed E-state index contributed by atoms with van der Waals surface area (Å²) in [6.45, 7) is 3.39. The Morgan fingerprint density at radius 1 is 1.38 bits per heavy atom. The van der Waals surface area contributed by atoms with Crippen molar-refractivity contribution in [3.63, 3.8) is 0 Å². The number of rotatable bonds is 2. The monoisotopic (exact) mass is 220 g/mol. The highest BCUT2D eigenvalue weighted by Crippen LogP contribution is 2.15. The topological polar surface area (TPSA) is 43.4 Å². The molecule has 0 atom stereocenters. The Balaban J connectivity index is 2.53. The molecular formula is C13H16O3. The summed E-state index contributed by atoms with van der Waals surface area (Å²) in [4.78, 5) is 22.4. The molecule has 0 saturated carbocycles. The summed E-state index contributed by atoms with van der Waals surface area (Å²) >= 11 is 0. The molecule has 16 heavy (non-hydrogen) atoms. The van der Waals surface area contributed by atoms with Gasteiger partial charge in [0.15, 0.2) is 0 Å². The van der Waals surface area contributed by atoms with Gasteiger partial charge in [-0.25, -0.2) is 4.79 Å². The Labute approximate surface area is 95.9 Å². The summed E-state index contributed by atoms with van der Waals surface area (Å²) in [6.07, 6.45) is 5.93. The summed E-state index contributed by atoms with van der Waals surface area (Å²) in [5, 5.41) is 0. The van der Waals surface area contributed by atoms with Crippen LogP contribution in [0.25, 0.3) is 0 Å². The molecule has 0 aromatic heterocycles. The van der Waals surface area contributed by atoms with Gasteiger partial charge in [0.1, 0.15) is 0 Å². The van der Waals surface area contributed by atoms with Gasteiger partial charge in [-0.15, -0.1) is 0 Å². The predicted molar refractivity (Wildman–Crippen MR) is 60.6 cm³/mol. The number of hydrogen-bond acceptors (Lipinski definition) is 3. The van der Waals surface area contributed by atoms with Gasteiger partial charge in [-0.1, -0.05) is 12.0 Å². The van der Waals surface area contributed by atoms with Crippen molar-refractivity contribution in [3.8, 4) is 11.8 Å². The zero-order chi connectivity index (χ0) is 12.0. The molecular weight excluding hydrogens is 204 g/mol. The van der Waals surface area contributed by atoms with Crippen molar-refractivity contribution in [3.05, 3.63) is 11.6 Å². The molecule has 0 amide bonds. The number of ether oxygens (including phenoxy) is 1. The Kier molecular flexibility index (Phi) is 4.78. The Morgan fingerprint density at radius 2 is 2.12 bits per heavy atom. The number of carbonyl (C=O) groups excluding carboxylic acids is 2. The predicted octanol–water partition coefficient (Wildman–Crippen LogP) is 2.01. The first kappa shape index (κ1) is 12.5. The molecule has 0 heterocycles. The van der Waals surface area contributed by atoms with Crippen LogP contribution in [0.4, 0.5) is 0 Å². The van der Waals surface area contributed by atoms with Gasteiger partial charge < -0.3 is 4.74 Å². The summed E-state index contributed by atoms with van der Waals surface area (Å²) in [6, 6.07) is 0. The third-order valence-electron chi connectivity index (χ3n) is 2.16. The van der Waals surface area contributed by atoms with Gasteiger partial charge in [0.05, 0.1) is 6.10 Å². The van der Waals surface area contributed by atoms with E-state index in [0.717, 1.165) is 24.8 Å². The second kappa shape index (κ2) is 6.12. The molecule has 86 valence electrons. The average Bonchev–Trinajstić information content (AvgIpc) is 2.26. The fourth-order valence-electron chi connectivity index (χ4n) is 1.41. The van der Waals surface area contributed by atoms with Gasteiger partial charge in [-0.3, -0.25) is 4.79 Å². The van der Waals surface area contributed by atoms with Gasteiger partial charge in [0.2, 0.25) is 0 Å². The Bertz CT molecular complexity index is 366. The molecule has 0 N–H and O–H groups in total. The average molecular weight is 220 g/mol. The molecule has 0 fully saturated rings. The van der Waals surface area contributed by atoms with Crippen LogP contribution >= 0.6 is 0 Å². The van der Waals surface area contributed by atoms with Gasteiger partial charge in [0, 0.05) is 0 Å². The molecule has 0 aliphatic heterocycles. The minimum Gasteiger partial charge on any atom is -0.456 e. The van der Waals surface area contributed by atoms with Crippen LogP contribution in [0.15, 0.2) is 11.6 Å². The minimum absolute atomic E-state index is 0.285. The standard InChI is InChI=1S/C13H16O3/c1-10(2)16-13(15)12(14)9-8-11-6-4-3-5-7-11/h6,10H,3-5,7H2,1-2H3. The summed E-state index contributed by atoms with van der Waals surface area (Å²) in [7, 11) is 0. The number of carbonyl (C=O) groups is 2. The minimum atomic E-state index is -0.862. The van der Waals surface area contributed by atoms with Gasteiger partial charge in [0.25, 0.3) is 0 Å². The number of ketones is 1. The van der Waals surface area contributed by atoms with Crippen LogP contribution in [0.3, 0.4) is 0 Å². The van der Waals surface area contributed by atoms with Crippen LogP contribution in [-0.2, 0) is 14.3 Å². The van der Waals surface area contributed by atoms with Gasteiger partial charge in [-0.05, 0) is 51.0 Å². The second-order valence-electron chi connectivity index (χ2n) is 4.01. The van der Waals surface area contributed by atoms with Crippen molar-refractivity contribution in [2.45, 2.75) is 45.6 Å². The molecule has 0 unspecified atom stereocenters. The van der Waals surface area contributed by atoms with E-state index < -0.39 is 11.8 Å². The van der Waals surface area contributed by atoms with E-state index in [1.807, 2.05) is 6.08 Å². The van der Waals surface area contributed by atoms with E-state index >= 15 is 0 Å². The normalized spacial score (nSPS) is 14.8. The molecule has 0 aromatic carbocycles. The van der Waals surface area contributed by atoms with E-state index in [-0.39, 0.29) is 6.10 Å². The van der Waals surface area contributed by atoms with Crippen LogP contribution in [-0.4, -0.2) is 17.9 Å². The molecule has 1 aliphatic carbocycles. The van der Waals surface area contributed by atoms with Crippen LogP contribution in [0.2, 0.25) is 0 Å². The van der Waals surface area contributed by atoms with Crippen LogP contribution in [0, 0.1) is 11.8 Å². The molecule has 1 rings (SSSR count). The summed E-state index contributed by atoms with van der Waals surface area (Å²) in [5.41, 5.74) is 0.956. The zero-order valence-electron chi connectivity index (χ0n) is 9.71. The first-order chi connectivity index (χ1) is 7.59. The first-order valence-electron chi connectivity index (χ1n) is 5.55. The van der Waals surface area contributed by atoms with E-state index in [1.165, 1.54) is 6.42 Å². The highest BCUT2D eigenvalue weighted by Gasteiger charge is 2.14. The van der Waals surface area contributed by atoms with Crippen molar-refractivity contribution in [1.29, 1.82) is 0 Å². The summed E-state index contributed by atoms with van der Waals surface area (Å²) in [5.74, 6) is 3.44. The molecule has 0 saturated heterocycles. The van der Waals surface area contributed by atoms with Crippen LogP contribution in [0.1, 0.15) is 39.5 Å². The Hall–Kier alpha value is -1.56. The maximum absolute atomic E-state index is 11.2. The van der Waals surface area contributed by atoms with E-state index in [1.54, 1.807) is 13.8 Å². The molecule has 0 radical (unpaired) electrons. The maximum atomic E-state index is 11.2. The quantitative estimate of drug-likeness (QED) is 0.309. The lowest BCUT2D eigenvalue weighted by atomic mass is 10.00. The zero-order valence-corrected chi connectivity index (χ0v) is 9.71. The van der Waals surface area contributed by atoms with E-state index in [4.69, 9.17) is 4.74 Å². The number of esters is 1. The van der Waals surface area contributed by atoms with Crippen molar-refractivity contribution in [2.24, 2.45) is 0 Å². The SMILES string of the molecule is CC(C)OC(=O)C(=O)C#CC1=CCCCC1. The lowest BCUT2D eigenvalue weighted by Crippen LogP contribution is -2.19. The maximum Gasteiger partial charge on any atom is 0.388 e. The molecule has 3 nitrogen and oxygen atoms in total. The lowest BCUT2D eigenvalue weighted by molar-refractivity contribution is -0.154. The number of hydrogen-bond donors (Lipinski definition) is 0. The lowest BCUT2D eigenvalue weighted by Gasteiger charge is -2.06. The highest BCUT2D eigenvalue weighted by atomic mass is 16.5. The van der Waals surface area contributed by atoms with Crippen molar-refractivity contribution >= 4 is 11.8 Å². The molecule has 0 spiro atoms. The number of allylic oxidation sites excluding steroid dienone is 2. The first-order valence-corrected chi connectivity index (χ1v) is 5.55. The third kappa shape index (κ3) is 4.31. The fraction of sp³-hybridized carbons (Fsp3) is 0.538. The van der Waals surface area contributed by atoms with Crippen molar-refractivity contribution < 1.29 is 14.3 Å². The molecule has 1 aliphatic rings. The van der Waals surface area contributed by atoms with E-state index in [2.05, 4.69) is 11.8 Å². The summed E-state index contributed by atoms with van der Waals surface area (Å²) < 4.78 is 4.74. The van der Waals surface area contributed by atoms with Crippen LogP contribution < -0.4 is 0 Å². The van der Waals surface area contributed by atoms with Gasteiger partial charge >= 0.3 is 11.8 Å².